The maximum absolute atomic E-state index is 4.89. The Bertz CT molecular complexity index is 592. The van der Waals surface area contributed by atoms with Crippen LogP contribution < -0.4 is 5.32 Å². The molecule has 1 aromatic heterocycles. The molecule has 2 aromatic rings. The molecule has 0 bridgehead atoms. The molecule has 1 aromatic carbocycles. The number of hydrogen-bond acceptors (Lipinski definition) is 2. The molecule has 2 heterocycles. The molecule has 1 atom stereocenters. The largest absolute Gasteiger partial charge is 0.331 e. The van der Waals surface area contributed by atoms with Gasteiger partial charge in [0, 0.05) is 19.0 Å². The molecule has 0 amide bonds. The van der Waals surface area contributed by atoms with E-state index in [4.69, 9.17) is 4.98 Å². The Labute approximate surface area is 127 Å². The second-order valence-corrected chi connectivity index (χ2v) is 6.52. The minimum absolute atomic E-state index is 0.250. The van der Waals surface area contributed by atoms with Gasteiger partial charge in [0.2, 0.25) is 0 Å². The summed E-state index contributed by atoms with van der Waals surface area (Å²) in [4.78, 5) is 4.89. The second kappa shape index (κ2) is 6.18. The maximum Gasteiger partial charge on any atom is 0.111 e. The van der Waals surface area contributed by atoms with Gasteiger partial charge in [-0.25, -0.2) is 4.98 Å². The lowest BCUT2D eigenvalue weighted by Crippen LogP contribution is -2.47. The molecule has 0 radical (unpaired) electrons. The molecule has 21 heavy (non-hydrogen) atoms. The van der Waals surface area contributed by atoms with Crippen molar-refractivity contribution >= 4 is 11.0 Å². The Balaban J connectivity index is 1.91. The van der Waals surface area contributed by atoms with Gasteiger partial charge in [-0.05, 0) is 37.9 Å². The van der Waals surface area contributed by atoms with E-state index < -0.39 is 0 Å². The number of nitrogens with one attached hydrogen (secondary N) is 1. The van der Waals surface area contributed by atoms with E-state index in [1.54, 1.807) is 0 Å². The summed E-state index contributed by atoms with van der Waals surface area (Å²) in [7, 11) is 2.15. The van der Waals surface area contributed by atoms with E-state index in [1.807, 2.05) is 0 Å². The molecule has 1 fully saturated rings. The predicted molar refractivity (Wildman–Crippen MR) is 88.5 cm³/mol. The van der Waals surface area contributed by atoms with Crippen molar-refractivity contribution in [3.05, 3.63) is 30.1 Å². The van der Waals surface area contributed by atoms with Gasteiger partial charge in [-0.3, -0.25) is 0 Å². The highest BCUT2D eigenvalue weighted by molar-refractivity contribution is 5.75. The SMILES string of the molecule is CCCC1(Cc2nc3ccccc3n2C)CCCCCN1. The van der Waals surface area contributed by atoms with Crippen LogP contribution in [0.2, 0.25) is 0 Å². The van der Waals surface area contributed by atoms with Gasteiger partial charge in [0.15, 0.2) is 0 Å². The van der Waals surface area contributed by atoms with Gasteiger partial charge in [0.05, 0.1) is 11.0 Å². The fraction of sp³-hybridized carbons (Fsp3) is 0.611. The average molecular weight is 285 g/mol. The van der Waals surface area contributed by atoms with Gasteiger partial charge in [-0.2, -0.15) is 0 Å². The van der Waals surface area contributed by atoms with Gasteiger partial charge < -0.3 is 9.88 Å². The van der Waals surface area contributed by atoms with Gasteiger partial charge in [0.1, 0.15) is 5.82 Å². The summed E-state index contributed by atoms with van der Waals surface area (Å²) in [5, 5.41) is 3.86. The molecular formula is C18H27N3. The summed E-state index contributed by atoms with van der Waals surface area (Å²) in [5.74, 6) is 1.22. The van der Waals surface area contributed by atoms with E-state index in [-0.39, 0.29) is 5.54 Å². The number of nitrogens with zero attached hydrogens (tertiary/aromatic N) is 2. The third-order valence-corrected chi connectivity index (χ3v) is 4.94. The number of aryl methyl sites for hydroxylation is 1. The molecule has 1 saturated heterocycles. The van der Waals surface area contributed by atoms with Crippen molar-refractivity contribution in [2.75, 3.05) is 6.54 Å². The van der Waals surface area contributed by atoms with Crippen molar-refractivity contribution in [3.8, 4) is 0 Å². The third kappa shape index (κ3) is 2.98. The molecule has 1 aliphatic rings. The summed E-state index contributed by atoms with van der Waals surface area (Å²) in [5.41, 5.74) is 2.61. The van der Waals surface area contributed by atoms with Crippen molar-refractivity contribution in [2.45, 2.75) is 57.4 Å². The fourth-order valence-electron chi connectivity index (χ4n) is 3.79. The summed E-state index contributed by atoms with van der Waals surface area (Å²) in [6.45, 7) is 3.45. The fourth-order valence-corrected chi connectivity index (χ4v) is 3.79. The van der Waals surface area contributed by atoms with Gasteiger partial charge >= 0.3 is 0 Å². The molecule has 0 aliphatic carbocycles. The van der Waals surface area contributed by atoms with Crippen LogP contribution in [-0.4, -0.2) is 21.6 Å². The molecule has 3 heteroatoms. The molecule has 1 aliphatic heterocycles. The zero-order valence-corrected chi connectivity index (χ0v) is 13.4. The monoisotopic (exact) mass is 285 g/mol. The minimum atomic E-state index is 0.250. The number of aromatic nitrogens is 2. The topological polar surface area (TPSA) is 29.9 Å². The summed E-state index contributed by atoms with van der Waals surface area (Å²) in [6, 6.07) is 8.45. The number of imidazole rings is 1. The summed E-state index contributed by atoms with van der Waals surface area (Å²) >= 11 is 0. The van der Waals surface area contributed by atoms with Crippen LogP contribution in [0.15, 0.2) is 24.3 Å². The standard InChI is InChI=1S/C18H27N3/c1-3-11-18(12-7-4-8-13-19-18)14-17-20-15-9-5-6-10-16(15)21(17)2/h5-6,9-10,19H,3-4,7-8,11-14H2,1-2H3. The van der Waals surface area contributed by atoms with E-state index in [0.717, 1.165) is 18.5 Å². The zero-order valence-electron chi connectivity index (χ0n) is 13.4. The highest BCUT2D eigenvalue weighted by atomic mass is 15.1. The molecule has 0 saturated carbocycles. The van der Waals surface area contributed by atoms with Gasteiger partial charge in [-0.1, -0.05) is 38.3 Å². The Hall–Kier alpha value is -1.35. The highest BCUT2D eigenvalue weighted by Gasteiger charge is 2.31. The highest BCUT2D eigenvalue weighted by Crippen LogP contribution is 2.28. The molecule has 1 N–H and O–H groups in total. The normalized spacial score (nSPS) is 23.3. The van der Waals surface area contributed by atoms with Crippen LogP contribution in [0, 0.1) is 0 Å². The average Bonchev–Trinajstić information content (AvgIpc) is 2.66. The Kier molecular flexibility index (Phi) is 4.29. The number of fused-ring (bicyclic) bond motifs is 1. The van der Waals surface area contributed by atoms with Crippen LogP contribution >= 0.6 is 0 Å². The summed E-state index contributed by atoms with van der Waals surface area (Å²) in [6.07, 6.45) is 8.83. The third-order valence-electron chi connectivity index (χ3n) is 4.94. The lowest BCUT2D eigenvalue weighted by atomic mass is 9.85. The molecule has 1 unspecified atom stereocenters. The van der Waals surface area contributed by atoms with Crippen LogP contribution in [0.4, 0.5) is 0 Å². The lowest BCUT2D eigenvalue weighted by molar-refractivity contribution is 0.281. The van der Waals surface area contributed by atoms with Crippen LogP contribution in [-0.2, 0) is 13.5 Å². The van der Waals surface area contributed by atoms with E-state index in [2.05, 4.69) is 48.1 Å². The number of para-hydroxylation sites is 2. The van der Waals surface area contributed by atoms with E-state index >= 15 is 0 Å². The van der Waals surface area contributed by atoms with Crippen LogP contribution in [0.25, 0.3) is 11.0 Å². The predicted octanol–water partition coefficient (Wildman–Crippen LogP) is 3.82. The van der Waals surface area contributed by atoms with Crippen molar-refractivity contribution in [3.63, 3.8) is 0 Å². The first-order valence-corrected chi connectivity index (χ1v) is 8.39. The Morgan fingerprint density at radius 2 is 2.10 bits per heavy atom. The summed E-state index contributed by atoms with van der Waals surface area (Å²) < 4.78 is 2.28. The Morgan fingerprint density at radius 3 is 2.90 bits per heavy atom. The second-order valence-electron chi connectivity index (χ2n) is 6.52. The van der Waals surface area contributed by atoms with Crippen molar-refractivity contribution in [1.29, 1.82) is 0 Å². The Morgan fingerprint density at radius 1 is 1.24 bits per heavy atom. The molecule has 3 nitrogen and oxygen atoms in total. The number of benzene rings is 1. The molecule has 0 spiro atoms. The van der Waals surface area contributed by atoms with E-state index in [0.29, 0.717) is 0 Å². The molecule has 114 valence electrons. The number of hydrogen-bond donors (Lipinski definition) is 1. The van der Waals surface area contributed by atoms with Crippen LogP contribution in [0.5, 0.6) is 0 Å². The molecule has 3 rings (SSSR count). The zero-order chi connectivity index (χ0) is 14.7. The lowest BCUT2D eigenvalue weighted by Gasteiger charge is -2.33. The van der Waals surface area contributed by atoms with Gasteiger partial charge in [-0.15, -0.1) is 0 Å². The van der Waals surface area contributed by atoms with Gasteiger partial charge in [0.25, 0.3) is 0 Å². The molecular weight excluding hydrogens is 258 g/mol. The first kappa shape index (κ1) is 14.6. The minimum Gasteiger partial charge on any atom is -0.331 e. The van der Waals surface area contributed by atoms with E-state index in [9.17, 15) is 0 Å². The van der Waals surface area contributed by atoms with Crippen LogP contribution in [0.3, 0.4) is 0 Å². The van der Waals surface area contributed by atoms with Crippen molar-refractivity contribution < 1.29 is 0 Å². The first-order chi connectivity index (χ1) is 10.2. The number of rotatable bonds is 4. The van der Waals surface area contributed by atoms with E-state index in [1.165, 1.54) is 49.9 Å². The quantitative estimate of drug-likeness (QED) is 0.925. The maximum atomic E-state index is 4.89. The van der Waals surface area contributed by atoms with Crippen LogP contribution in [0.1, 0.15) is 51.3 Å². The van der Waals surface area contributed by atoms with Crippen molar-refractivity contribution in [1.82, 2.24) is 14.9 Å². The first-order valence-electron chi connectivity index (χ1n) is 8.39. The smallest absolute Gasteiger partial charge is 0.111 e. The van der Waals surface area contributed by atoms with Crippen molar-refractivity contribution in [2.24, 2.45) is 7.05 Å².